The number of nitrogens with one attached hydrogen (secondary N) is 1. The quantitative estimate of drug-likeness (QED) is 0.921. The van der Waals surface area contributed by atoms with Gasteiger partial charge in [-0.3, -0.25) is 4.98 Å². The van der Waals surface area contributed by atoms with Gasteiger partial charge < -0.3 is 15.0 Å². The van der Waals surface area contributed by atoms with Crippen LogP contribution in [0.2, 0.25) is 0 Å². The highest BCUT2D eigenvalue weighted by molar-refractivity contribution is 5.47. The molecule has 116 valence electrons. The van der Waals surface area contributed by atoms with E-state index in [-0.39, 0.29) is 6.04 Å². The normalized spacial score (nSPS) is 16.5. The fourth-order valence-electron chi connectivity index (χ4n) is 2.66. The van der Waals surface area contributed by atoms with Crippen LogP contribution < -0.4 is 10.2 Å². The Balaban J connectivity index is 1.63. The van der Waals surface area contributed by atoms with Crippen LogP contribution in [0, 0.1) is 0 Å². The van der Waals surface area contributed by atoms with Gasteiger partial charge in [0.2, 0.25) is 0 Å². The standard InChI is InChI=1S/C18H23N3O/c1-15(20-14-16-5-3-2-4-6-16)18-13-17(7-8-19-18)21-9-11-22-12-10-21/h2-8,13,15,20H,9-12,14H2,1H3. The molecule has 2 aromatic rings. The number of rotatable bonds is 5. The zero-order valence-electron chi connectivity index (χ0n) is 13.0. The van der Waals surface area contributed by atoms with E-state index in [1.54, 1.807) is 0 Å². The second kappa shape index (κ2) is 7.38. The van der Waals surface area contributed by atoms with Crippen LogP contribution >= 0.6 is 0 Å². The van der Waals surface area contributed by atoms with Gasteiger partial charge in [-0.2, -0.15) is 0 Å². The third kappa shape index (κ3) is 3.84. The van der Waals surface area contributed by atoms with Crippen LogP contribution in [0.15, 0.2) is 48.7 Å². The van der Waals surface area contributed by atoms with Crippen molar-refractivity contribution in [1.29, 1.82) is 0 Å². The number of ether oxygens (including phenoxy) is 1. The maximum absolute atomic E-state index is 5.42. The molecule has 1 atom stereocenters. The minimum absolute atomic E-state index is 0.223. The summed E-state index contributed by atoms with van der Waals surface area (Å²) in [5.41, 5.74) is 3.61. The van der Waals surface area contributed by atoms with E-state index in [9.17, 15) is 0 Å². The van der Waals surface area contributed by atoms with Crippen LogP contribution in [0.5, 0.6) is 0 Å². The van der Waals surface area contributed by atoms with Crippen LogP contribution in [0.1, 0.15) is 24.2 Å². The first-order chi connectivity index (χ1) is 10.8. The molecular formula is C18H23N3O. The first kappa shape index (κ1) is 15.0. The molecule has 0 saturated carbocycles. The second-order valence-electron chi connectivity index (χ2n) is 5.63. The third-order valence-corrected chi connectivity index (χ3v) is 4.04. The van der Waals surface area contributed by atoms with Crippen molar-refractivity contribution in [2.75, 3.05) is 31.2 Å². The Labute approximate surface area is 132 Å². The summed E-state index contributed by atoms with van der Waals surface area (Å²) in [6.45, 7) is 6.53. The molecule has 1 saturated heterocycles. The van der Waals surface area contributed by atoms with Gasteiger partial charge in [0.1, 0.15) is 0 Å². The van der Waals surface area contributed by atoms with Crippen LogP contribution in [-0.4, -0.2) is 31.3 Å². The van der Waals surface area contributed by atoms with E-state index < -0.39 is 0 Å². The fraction of sp³-hybridized carbons (Fsp3) is 0.389. The van der Waals surface area contributed by atoms with Crippen molar-refractivity contribution in [1.82, 2.24) is 10.3 Å². The fourth-order valence-corrected chi connectivity index (χ4v) is 2.66. The molecule has 4 nitrogen and oxygen atoms in total. The topological polar surface area (TPSA) is 37.4 Å². The Morgan fingerprint density at radius 1 is 1.18 bits per heavy atom. The molecule has 1 fully saturated rings. The number of benzene rings is 1. The summed E-state index contributed by atoms with van der Waals surface area (Å²) >= 11 is 0. The summed E-state index contributed by atoms with van der Waals surface area (Å²) in [5, 5.41) is 3.54. The van der Waals surface area contributed by atoms with Gasteiger partial charge in [-0.05, 0) is 24.6 Å². The summed E-state index contributed by atoms with van der Waals surface area (Å²) in [6.07, 6.45) is 1.90. The van der Waals surface area contributed by atoms with Crippen LogP contribution in [0.3, 0.4) is 0 Å². The zero-order valence-corrected chi connectivity index (χ0v) is 13.0. The maximum Gasteiger partial charge on any atom is 0.0642 e. The average molecular weight is 297 g/mol. The first-order valence-corrected chi connectivity index (χ1v) is 7.89. The SMILES string of the molecule is CC(NCc1ccccc1)c1cc(N2CCOCC2)ccn1. The Hall–Kier alpha value is -1.91. The number of pyridine rings is 1. The number of hydrogen-bond donors (Lipinski definition) is 1. The third-order valence-electron chi connectivity index (χ3n) is 4.04. The Kier molecular flexibility index (Phi) is 5.03. The molecule has 1 aliphatic heterocycles. The van der Waals surface area contributed by atoms with E-state index in [1.165, 1.54) is 11.3 Å². The van der Waals surface area contributed by atoms with Crippen molar-refractivity contribution >= 4 is 5.69 Å². The van der Waals surface area contributed by atoms with E-state index in [0.717, 1.165) is 38.5 Å². The first-order valence-electron chi connectivity index (χ1n) is 7.89. The Bertz CT molecular complexity index is 582. The summed E-state index contributed by atoms with van der Waals surface area (Å²) in [6, 6.07) is 14.9. The molecule has 22 heavy (non-hydrogen) atoms. The van der Waals surface area contributed by atoms with E-state index >= 15 is 0 Å². The number of anilines is 1. The largest absolute Gasteiger partial charge is 0.378 e. The summed E-state index contributed by atoms with van der Waals surface area (Å²) in [5.74, 6) is 0. The van der Waals surface area contributed by atoms with Gasteiger partial charge in [0, 0.05) is 37.6 Å². The van der Waals surface area contributed by atoms with E-state index in [4.69, 9.17) is 4.74 Å². The lowest BCUT2D eigenvalue weighted by molar-refractivity contribution is 0.122. The maximum atomic E-state index is 5.42. The highest BCUT2D eigenvalue weighted by Gasteiger charge is 2.13. The van der Waals surface area contributed by atoms with Crippen molar-refractivity contribution in [2.45, 2.75) is 19.5 Å². The predicted molar refractivity (Wildman–Crippen MR) is 89.0 cm³/mol. The van der Waals surface area contributed by atoms with Crippen molar-refractivity contribution in [3.05, 3.63) is 59.9 Å². The summed E-state index contributed by atoms with van der Waals surface area (Å²) < 4.78 is 5.42. The average Bonchev–Trinajstić information content (AvgIpc) is 2.61. The van der Waals surface area contributed by atoms with Crippen molar-refractivity contribution < 1.29 is 4.74 Å². The smallest absolute Gasteiger partial charge is 0.0642 e. The number of aromatic nitrogens is 1. The van der Waals surface area contributed by atoms with Gasteiger partial charge >= 0.3 is 0 Å². The van der Waals surface area contributed by atoms with Crippen LogP contribution in [0.4, 0.5) is 5.69 Å². The van der Waals surface area contributed by atoms with Crippen molar-refractivity contribution in [2.24, 2.45) is 0 Å². The van der Waals surface area contributed by atoms with Crippen molar-refractivity contribution in [3.63, 3.8) is 0 Å². The summed E-state index contributed by atoms with van der Waals surface area (Å²) in [7, 11) is 0. The number of morpholine rings is 1. The lowest BCUT2D eigenvalue weighted by atomic mass is 10.1. The van der Waals surface area contributed by atoms with E-state index in [0.29, 0.717) is 0 Å². The molecule has 1 N–H and O–H groups in total. The van der Waals surface area contributed by atoms with Gasteiger partial charge in [0.05, 0.1) is 18.9 Å². The molecule has 1 aromatic carbocycles. The van der Waals surface area contributed by atoms with Gasteiger partial charge in [-0.15, -0.1) is 0 Å². The van der Waals surface area contributed by atoms with Crippen LogP contribution in [0.25, 0.3) is 0 Å². The minimum atomic E-state index is 0.223. The molecule has 4 heteroatoms. The predicted octanol–water partition coefficient (Wildman–Crippen LogP) is 2.77. The van der Waals surface area contributed by atoms with Gasteiger partial charge in [-0.25, -0.2) is 0 Å². The molecule has 0 amide bonds. The Morgan fingerprint density at radius 3 is 2.73 bits per heavy atom. The molecule has 2 heterocycles. The van der Waals surface area contributed by atoms with Gasteiger partial charge in [-0.1, -0.05) is 30.3 Å². The minimum Gasteiger partial charge on any atom is -0.378 e. The molecule has 0 bridgehead atoms. The highest BCUT2D eigenvalue weighted by Crippen LogP contribution is 2.19. The molecule has 1 unspecified atom stereocenters. The second-order valence-corrected chi connectivity index (χ2v) is 5.63. The van der Waals surface area contributed by atoms with E-state index in [2.05, 4.69) is 58.5 Å². The van der Waals surface area contributed by atoms with Crippen LogP contribution in [-0.2, 0) is 11.3 Å². The molecule has 0 spiro atoms. The van der Waals surface area contributed by atoms with E-state index in [1.807, 2.05) is 12.3 Å². The zero-order chi connectivity index (χ0) is 15.2. The van der Waals surface area contributed by atoms with Crippen molar-refractivity contribution in [3.8, 4) is 0 Å². The Morgan fingerprint density at radius 2 is 1.95 bits per heavy atom. The molecule has 1 aromatic heterocycles. The monoisotopic (exact) mass is 297 g/mol. The molecule has 1 aliphatic rings. The number of hydrogen-bond acceptors (Lipinski definition) is 4. The number of nitrogens with zero attached hydrogens (tertiary/aromatic N) is 2. The van der Waals surface area contributed by atoms with Gasteiger partial charge in [0.15, 0.2) is 0 Å². The molecule has 0 aliphatic carbocycles. The molecule has 3 rings (SSSR count). The molecule has 0 radical (unpaired) electrons. The molecular weight excluding hydrogens is 274 g/mol. The van der Waals surface area contributed by atoms with Gasteiger partial charge in [0.25, 0.3) is 0 Å². The lowest BCUT2D eigenvalue weighted by Gasteiger charge is -2.29. The highest BCUT2D eigenvalue weighted by atomic mass is 16.5. The summed E-state index contributed by atoms with van der Waals surface area (Å²) in [4.78, 5) is 6.89. The lowest BCUT2D eigenvalue weighted by Crippen LogP contribution is -2.36.